The number of aliphatic carboxylic acids is 1. The van der Waals surface area contributed by atoms with E-state index in [1.165, 1.54) is 0 Å². The third kappa shape index (κ3) is 7.59. The Bertz CT molecular complexity index is 961. The fourth-order valence-electron chi connectivity index (χ4n) is 3.14. The van der Waals surface area contributed by atoms with Crippen molar-refractivity contribution in [3.8, 4) is 6.19 Å². The standard InChI is InChI=1S/C24H29N5O2/c1-18(2)12-14-29(24(26)28-17-25)21-9-5-7-19(15-21)22(10-3-4-11-23(30)31)20-8-6-13-27-16-20/h5-10,13,15-16,18H,3-4,11-12,14H2,1-2H3,(H2,26,28)(H,30,31)/b22-10+. The number of nitrogens with zero attached hydrogens (tertiary/aromatic N) is 4. The SMILES string of the molecule is CC(C)CCN(C(N)=NC#N)c1cccc(/C(=C\CCCC(=O)O)c2cccnc2)c1. The molecule has 162 valence electrons. The molecule has 1 heterocycles. The molecule has 31 heavy (non-hydrogen) atoms. The molecular formula is C24H29N5O2. The Hall–Kier alpha value is -3.66. The molecule has 0 radical (unpaired) electrons. The molecule has 2 aromatic rings. The second kappa shape index (κ2) is 12.1. The van der Waals surface area contributed by atoms with Crippen LogP contribution in [0.3, 0.4) is 0 Å². The van der Waals surface area contributed by atoms with Crippen molar-refractivity contribution < 1.29 is 9.90 Å². The quantitative estimate of drug-likeness (QED) is 0.255. The van der Waals surface area contributed by atoms with Gasteiger partial charge in [0, 0.05) is 36.6 Å². The Labute approximate surface area is 183 Å². The van der Waals surface area contributed by atoms with E-state index in [0.717, 1.165) is 28.8 Å². The lowest BCUT2D eigenvalue weighted by Gasteiger charge is -2.24. The van der Waals surface area contributed by atoms with Gasteiger partial charge in [-0.15, -0.1) is 4.99 Å². The predicted molar refractivity (Wildman–Crippen MR) is 123 cm³/mol. The molecule has 3 N–H and O–H groups in total. The van der Waals surface area contributed by atoms with E-state index in [4.69, 9.17) is 16.1 Å². The van der Waals surface area contributed by atoms with Crippen LogP contribution in [0.5, 0.6) is 0 Å². The highest BCUT2D eigenvalue weighted by atomic mass is 16.4. The first-order valence-corrected chi connectivity index (χ1v) is 10.3. The zero-order valence-electron chi connectivity index (χ0n) is 18.0. The molecule has 0 aliphatic rings. The van der Waals surface area contributed by atoms with Crippen LogP contribution >= 0.6 is 0 Å². The zero-order chi connectivity index (χ0) is 22.6. The van der Waals surface area contributed by atoms with Gasteiger partial charge in [0.1, 0.15) is 0 Å². The molecule has 1 aromatic heterocycles. The fourth-order valence-corrected chi connectivity index (χ4v) is 3.14. The van der Waals surface area contributed by atoms with Crippen LogP contribution in [0, 0.1) is 17.4 Å². The van der Waals surface area contributed by atoms with Crippen molar-refractivity contribution in [3.05, 3.63) is 66.0 Å². The Balaban J connectivity index is 2.42. The van der Waals surface area contributed by atoms with Gasteiger partial charge in [-0.25, -0.2) is 0 Å². The highest BCUT2D eigenvalue weighted by Gasteiger charge is 2.14. The molecule has 0 unspecified atom stereocenters. The van der Waals surface area contributed by atoms with Crippen LogP contribution in [0.1, 0.15) is 50.7 Å². The Morgan fingerprint density at radius 2 is 2.10 bits per heavy atom. The monoisotopic (exact) mass is 419 g/mol. The van der Waals surface area contributed by atoms with Gasteiger partial charge in [0.2, 0.25) is 12.2 Å². The first-order valence-electron chi connectivity index (χ1n) is 10.3. The van der Waals surface area contributed by atoms with Crippen molar-refractivity contribution in [2.75, 3.05) is 11.4 Å². The summed E-state index contributed by atoms with van der Waals surface area (Å²) in [6, 6.07) is 11.7. The number of pyridine rings is 1. The zero-order valence-corrected chi connectivity index (χ0v) is 18.0. The summed E-state index contributed by atoms with van der Waals surface area (Å²) < 4.78 is 0. The maximum atomic E-state index is 10.8. The summed E-state index contributed by atoms with van der Waals surface area (Å²) in [6.07, 6.45) is 9.53. The van der Waals surface area contributed by atoms with E-state index in [-0.39, 0.29) is 12.4 Å². The topological polar surface area (TPSA) is 116 Å². The molecule has 0 amide bonds. The molecule has 1 aromatic carbocycles. The van der Waals surface area contributed by atoms with Crippen LogP contribution in [0.15, 0.2) is 59.9 Å². The second-order valence-electron chi connectivity index (χ2n) is 7.60. The van der Waals surface area contributed by atoms with E-state index >= 15 is 0 Å². The second-order valence-corrected chi connectivity index (χ2v) is 7.60. The molecule has 0 aliphatic heterocycles. The van der Waals surface area contributed by atoms with Gasteiger partial charge in [-0.1, -0.05) is 38.1 Å². The average Bonchev–Trinajstić information content (AvgIpc) is 2.74. The number of benzene rings is 1. The summed E-state index contributed by atoms with van der Waals surface area (Å²) in [4.78, 5) is 20.7. The van der Waals surface area contributed by atoms with Crippen LogP contribution in [-0.4, -0.2) is 28.6 Å². The third-order valence-electron chi connectivity index (χ3n) is 4.76. The predicted octanol–water partition coefficient (Wildman–Crippen LogP) is 4.42. The molecule has 0 atom stereocenters. The molecule has 0 aliphatic carbocycles. The summed E-state index contributed by atoms with van der Waals surface area (Å²) in [5.41, 5.74) is 9.80. The molecule has 0 fully saturated rings. The molecule has 7 nitrogen and oxygen atoms in total. The van der Waals surface area contributed by atoms with E-state index in [0.29, 0.717) is 25.3 Å². The minimum Gasteiger partial charge on any atom is -0.481 e. The number of unbranched alkanes of at least 4 members (excludes halogenated alkanes) is 1. The molecular weight excluding hydrogens is 390 g/mol. The number of carboxylic acid groups (broad SMARTS) is 1. The van der Waals surface area contributed by atoms with Gasteiger partial charge < -0.3 is 15.7 Å². The van der Waals surface area contributed by atoms with Crippen molar-refractivity contribution >= 4 is 23.2 Å². The number of anilines is 1. The van der Waals surface area contributed by atoms with E-state index in [1.54, 1.807) is 18.6 Å². The van der Waals surface area contributed by atoms with E-state index in [1.807, 2.05) is 47.4 Å². The molecule has 2 rings (SSSR count). The fraction of sp³-hybridized carbons (Fsp3) is 0.333. The van der Waals surface area contributed by atoms with Gasteiger partial charge in [-0.2, -0.15) is 5.26 Å². The van der Waals surface area contributed by atoms with Crippen LogP contribution in [0.4, 0.5) is 5.69 Å². The summed E-state index contributed by atoms with van der Waals surface area (Å²) >= 11 is 0. The van der Waals surface area contributed by atoms with Gasteiger partial charge in [0.25, 0.3) is 0 Å². The lowest BCUT2D eigenvalue weighted by Crippen LogP contribution is -2.38. The summed E-state index contributed by atoms with van der Waals surface area (Å²) in [5, 5.41) is 17.9. The number of allylic oxidation sites excluding steroid dienone is 1. The van der Waals surface area contributed by atoms with Crippen molar-refractivity contribution in [1.82, 2.24) is 4.98 Å². The van der Waals surface area contributed by atoms with E-state index in [2.05, 4.69) is 23.8 Å². The molecule has 7 heteroatoms. The molecule has 0 bridgehead atoms. The first-order chi connectivity index (χ1) is 14.9. The summed E-state index contributed by atoms with van der Waals surface area (Å²) in [6.45, 7) is 4.90. The Morgan fingerprint density at radius 3 is 2.74 bits per heavy atom. The number of aromatic nitrogens is 1. The van der Waals surface area contributed by atoms with Crippen LogP contribution < -0.4 is 10.6 Å². The lowest BCUT2D eigenvalue weighted by molar-refractivity contribution is -0.137. The first kappa shape index (κ1) is 23.6. The number of rotatable bonds is 10. The molecule has 0 saturated carbocycles. The molecule has 0 saturated heterocycles. The Morgan fingerprint density at radius 1 is 1.32 bits per heavy atom. The van der Waals surface area contributed by atoms with Gasteiger partial charge in [-0.05, 0) is 54.5 Å². The van der Waals surface area contributed by atoms with Gasteiger partial charge in [-0.3, -0.25) is 9.78 Å². The van der Waals surface area contributed by atoms with Crippen LogP contribution in [0.2, 0.25) is 0 Å². The maximum absolute atomic E-state index is 10.8. The van der Waals surface area contributed by atoms with Crippen LogP contribution in [-0.2, 0) is 4.79 Å². The Kier molecular flexibility index (Phi) is 9.24. The normalized spacial score (nSPS) is 11.9. The number of guanidine groups is 1. The van der Waals surface area contributed by atoms with Gasteiger partial charge in [0.15, 0.2) is 0 Å². The summed E-state index contributed by atoms with van der Waals surface area (Å²) in [7, 11) is 0. The number of nitriles is 1. The van der Waals surface area contributed by atoms with Gasteiger partial charge in [0.05, 0.1) is 0 Å². The van der Waals surface area contributed by atoms with Crippen molar-refractivity contribution in [2.45, 2.75) is 39.5 Å². The number of nitrogens with two attached hydrogens (primary N) is 1. The number of carbonyl (C=O) groups is 1. The summed E-state index contributed by atoms with van der Waals surface area (Å²) in [5.74, 6) is -0.166. The third-order valence-corrected chi connectivity index (χ3v) is 4.76. The van der Waals surface area contributed by atoms with Crippen molar-refractivity contribution in [2.24, 2.45) is 16.6 Å². The van der Waals surface area contributed by atoms with Crippen molar-refractivity contribution in [3.63, 3.8) is 0 Å². The van der Waals surface area contributed by atoms with E-state index in [9.17, 15) is 4.79 Å². The van der Waals surface area contributed by atoms with Crippen molar-refractivity contribution in [1.29, 1.82) is 5.26 Å². The lowest BCUT2D eigenvalue weighted by atomic mass is 9.97. The smallest absolute Gasteiger partial charge is 0.303 e. The van der Waals surface area contributed by atoms with Crippen LogP contribution in [0.25, 0.3) is 5.57 Å². The number of hydrogen-bond acceptors (Lipinski definition) is 4. The number of aliphatic imine (C=N–C) groups is 1. The highest BCUT2D eigenvalue weighted by Crippen LogP contribution is 2.28. The molecule has 0 spiro atoms. The minimum atomic E-state index is -0.800. The van der Waals surface area contributed by atoms with E-state index < -0.39 is 5.97 Å². The number of carboxylic acids is 1. The largest absolute Gasteiger partial charge is 0.481 e. The minimum absolute atomic E-state index is 0.126. The van der Waals surface area contributed by atoms with Gasteiger partial charge >= 0.3 is 5.97 Å². The average molecular weight is 420 g/mol. The maximum Gasteiger partial charge on any atom is 0.303 e. The highest BCUT2D eigenvalue weighted by molar-refractivity contribution is 5.96. The number of hydrogen-bond donors (Lipinski definition) is 2.